The lowest BCUT2D eigenvalue weighted by Crippen LogP contribution is -2.58. The van der Waals surface area contributed by atoms with Crippen LogP contribution in [0.15, 0.2) is 43.0 Å². The summed E-state index contributed by atoms with van der Waals surface area (Å²) in [5.74, 6) is 0.863. The predicted octanol–water partition coefficient (Wildman–Crippen LogP) is 3.17. The summed E-state index contributed by atoms with van der Waals surface area (Å²) < 4.78 is 5.76. The van der Waals surface area contributed by atoms with Gasteiger partial charge in [-0.1, -0.05) is 31.2 Å². The van der Waals surface area contributed by atoms with Crippen molar-refractivity contribution in [2.24, 2.45) is 5.41 Å². The molecule has 0 spiro atoms. The molecule has 17 heavy (non-hydrogen) atoms. The molecule has 1 N–H and O–H groups in total. The van der Waals surface area contributed by atoms with Gasteiger partial charge in [-0.3, -0.25) is 0 Å². The van der Waals surface area contributed by atoms with Crippen molar-refractivity contribution in [3.8, 4) is 5.75 Å². The van der Waals surface area contributed by atoms with Crippen LogP contribution in [0, 0.1) is 5.41 Å². The van der Waals surface area contributed by atoms with E-state index < -0.39 is 5.60 Å². The number of para-hydroxylation sites is 1. The Hall–Kier alpha value is -1.28. The minimum Gasteiger partial charge on any atom is -0.493 e. The molecule has 0 aliphatic heterocycles. The van der Waals surface area contributed by atoms with Crippen molar-refractivity contribution >= 4 is 0 Å². The van der Waals surface area contributed by atoms with Gasteiger partial charge < -0.3 is 9.84 Å². The zero-order valence-electron chi connectivity index (χ0n) is 10.4. The van der Waals surface area contributed by atoms with Crippen molar-refractivity contribution in [2.45, 2.75) is 31.8 Å². The van der Waals surface area contributed by atoms with Gasteiger partial charge in [0.1, 0.15) is 5.75 Å². The fourth-order valence-electron chi connectivity index (χ4n) is 2.39. The van der Waals surface area contributed by atoms with Gasteiger partial charge in [-0.15, -0.1) is 6.58 Å². The van der Waals surface area contributed by atoms with Gasteiger partial charge in [-0.25, -0.2) is 0 Å². The molecule has 2 rings (SSSR count). The zero-order chi connectivity index (χ0) is 12.4. The molecule has 1 aromatic carbocycles. The summed E-state index contributed by atoms with van der Waals surface area (Å²) in [5.41, 5.74) is -0.791. The van der Waals surface area contributed by atoms with E-state index in [4.69, 9.17) is 4.74 Å². The van der Waals surface area contributed by atoms with Gasteiger partial charge in [0.05, 0.1) is 12.2 Å². The van der Waals surface area contributed by atoms with Crippen molar-refractivity contribution in [3.05, 3.63) is 43.0 Å². The second kappa shape index (κ2) is 4.53. The van der Waals surface area contributed by atoms with Crippen molar-refractivity contribution < 1.29 is 9.84 Å². The fourth-order valence-corrected chi connectivity index (χ4v) is 2.39. The maximum Gasteiger partial charge on any atom is 0.119 e. The van der Waals surface area contributed by atoms with E-state index in [0.717, 1.165) is 18.6 Å². The lowest BCUT2D eigenvalue weighted by atomic mass is 9.57. The average molecular weight is 232 g/mol. The van der Waals surface area contributed by atoms with E-state index in [0.29, 0.717) is 13.0 Å². The van der Waals surface area contributed by atoms with Gasteiger partial charge in [-0.05, 0) is 31.4 Å². The lowest BCUT2D eigenvalue weighted by Gasteiger charge is -2.53. The average Bonchev–Trinajstić information content (AvgIpc) is 2.36. The number of hydrogen-bond acceptors (Lipinski definition) is 2. The first-order valence-corrected chi connectivity index (χ1v) is 6.11. The topological polar surface area (TPSA) is 29.5 Å². The Kier molecular flexibility index (Phi) is 3.25. The monoisotopic (exact) mass is 232 g/mol. The zero-order valence-corrected chi connectivity index (χ0v) is 10.4. The van der Waals surface area contributed by atoms with Crippen LogP contribution in [0.1, 0.15) is 26.2 Å². The van der Waals surface area contributed by atoms with E-state index in [9.17, 15) is 5.11 Å². The quantitative estimate of drug-likeness (QED) is 0.790. The Bertz CT molecular complexity index is 387. The molecule has 0 saturated heterocycles. The summed E-state index contributed by atoms with van der Waals surface area (Å²) in [7, 11) is 0. The molecule has 0 radical (unpaired) electrons. The van der Waals surface area contributed by atoms with Gasteiger partial charge in [0.15, 0.2) is 0 Å². The molecular weight excluding hydrogens is 212 g/mol. The van der Waals surface area contributed by atoms with E-state index in [1.54, 1.807) is 6.08 Å². The molecule has 0 heterocycles. The molecule has 0 unspecified atom stereocenters. The summed E-state index contributed by atoms with van der Waals surface area (Å²) in [5, 5.41) is 10.5. The molecule has 1 saturated carbocycles. The highest BCUT2D eigenvalue weighted by Gasteiger charge is 2.54. The molecule has 1 aromatic rings. The van der Waals surface area contributed by atoms with E-state index in [2.05, 4.69) is 13.5 Å². The Labute approximate surface area is 103 Å². The maximum absolute atomic E-state index is 10.5. The maximum atomic E-state index is 10.5. The Morgan fingerprint density at radius 3 is 2.59 bits per heavy atom. The third kappa shape index (κ3) is 2.22. The second-order valence-corrected chi connectivity index (χ2v) is 5.19. The molecule has 2 nitrogen and oxygen atoms in total. The van der Waals surface area contributed by atoms with E-state index in [-0.39, 0.29) is 5.41 Å². The Morgan fingerprint density at radius 1 is 1.35 bits per heavy atom. The Morgan fingerprint density at radius 2 is 2.06 bits per heavy atom. The number of aliphatic hydroxyl groups is 1. The molecule has 1 aliphatic carbocycles. The first-order valence-electron chi connectivity index (χ1n) is 6.11. The number of hydrogen-bond donors (Lipinski definition) is 1. The normalized spacial score (nSPS) is 31.6. The molecule has 0 aromatic heterocycles. The highest BCUT2D eigenvalue weighted by atomic mass is 16.5. The highest BCUT2D eigenvalue weighted by Crippen LogP contribution is 2.52. The molecule has 2 heteroatoms. The Balaban J connectivity index is 1.97. The van der Waals surface area contributed by atoms with E-state index >= 15 is 0 Å². The minimum atomic E-state index is -0.635. The summed E-state index contributed by atoms with van der Waals surface area (Å²) >= 11 is 0. The van der Waals surface area contributed by atoms with E-state index in [1.165, 1.54) is 0 Å². The van der Waals surface area contributed by atoms with Gasteiger partial charge in [-0.2, -0.15) is 0 Å². The van der Waals surface area contributed by atoms with Crippen LogP contribution >= 0.6 is 0 Å². The molecule has 1 aliphatic rings. The summed E-state index contributed by atoms with van der Waals surface area (Å²) in [6.07, 6.45) is 4.28. The molecule has 92 valence electrons. The molecule has 0 bridgehead atoms. The van der Waals surface area contributed by atoms with Crippen LogP contribution in [-0.2, 0) is 0 Å². The van der Waals surface area contributed by atoms with Crippen LogP contribution in [0.4, 0.5) is 0 Å². The molecular formula is C15H20O2. The lowest BCUT2D eigenvalue weighted by molar-refractivity contribution is -0.170. The van der Waals surface area contributed by atoms with Crippen LogP contribution in [-0.4, -0.2) is 17.3 Å². The summed E-state index contributed by atoms with van der Waals surface area (Å²) in [6, 6.07) is 9.75. The smallest absolute Gasteiger partial charge is 0.119 e. The van der Waals surface area contributed by atoms with E-state index in [1.807, 2.05) is 30.3 Å². The summed E-state index contributed by atoms with van der Waals surface area (Å²) in [6.45, 7) is 6.35. The van der Waals surface area contributed by atoms with Gasteiger partial charge in [0, 0.05) is 5.41 Å². The van der Waals surface area contributed by atoms with Crippen molar-refractivity contribution in [1.29, 1.82) is 0 Å². The van der Waals surface area contributed by atoms with Crippen LogP contribution < -0.4 is 4.74 Å². The van der Waals surface area contributed by atoms with Crippen molar-refractivity contribution in [1.82, 2.24) is 0 Å². The van der Waals surface area contributed by atoms with Crippen LogP contribution in [0.3, 0.4) is 0 Å². The SMILES string of the molecule is C=CC[C@@]1(O)CC[C@@]1(C)COc1ccccc1. The highest BCUT2D eigenvalue weighted by molar-refractivity contribution is 5.21. The number of benzene rings is 1. The third-order valence-electron chi connectivity index (χ3n) is 4.00. The van der Waals surface area contributed by atoms with Crippen molar-refractivity contribution in [3.63, 3.8) is 0 Å². The second-order valence-electron chi connectivity index (χ2n) is 5.19. The number of ether oxygens (including phenoxy) is 1. The predicted molar refractivity (Wildman–Crippen MR) is 69.0 cm³/mol. The molecule has 0 amide bonds. The van der Waals surface area contributed by atoms with Gasteiger partial charge in [0.25, 0.3) is 0 Å². The first-order chi connectivity index (χ1) is 8.10. The minimum absolute atomic E-state index is 0.156. The van der Waals surface area contributed by atoms with Crippen LogP contribution in [0.2, 0.25) is 0 Å². The van der Waals surface area contributed by atoms with Gasteiger partial charge >= 0.3 is 0 Å². The first kappa shape index (κ1) is 12.2. The third-order valence-corrected chi connectivity index (χ3v) is 4.00. The molecule has 1 fully saturated rings. The van der Waals surface area contributed by atoms with Gasteiger partial charge in [0.2, 0.25) is 0 Å². The fraction of sp³-hybridized carbons (Fsp3) is 0.467. The van der Waals surface area contributed by atoms with Crippen LogP contribution in [0.25, 0.3) is 0 Å². The van der Waals surface area contributed by atoms with Crippen molar-refractivity contribution in [2.75, 3.05) is 6.61 Å². The van der Waals surface area contributed by atoms with Crippen LogP contribution in [0.5, 0.6) is 5.75 Å². The number of rotatable bonds is 5. The largest absolute Gasteiger partial charge is 0.493 e. The molecule has 2 atom stereocenters. The standard InChI is InChI=1S/C15H20O2/c1-3-9-15(16)11-10-14(15,2)12-17-13-7-5-4-6-8-13/h3-8,16H,1,9-12H2,2H3/t14-,15+/m0/s1. The summed E-state index contributed by atoms with van der Waals surface area (Å²) in [4.78, 5) is 0.